The van der Waals surface area contributed by atoms with E-state index in [4.69, 9.17) is 5.21 Å². The van der Waals surface area contributed by atoms with Crippen LogP contribution in [0.2, 0.25) is 0 Å². The third-order valence-corrected chi connectivity index (χ3v) is 5.62. The van der Waals surface area contributed by atoms with Crippen LogP contribution in [-0.2, 0) is 17.9 Å². The van der Waals surface area contributed by atoms with E-state index in [1.165, 1.54) is 6.07 Å². The van der Waals surface area contributed by atoms with E-state index < -0.39 is 5.56 Å². The fourth-order valence-corrected chi connectivity index (χ4v) is 4.37. The molecule has 8 heteroatoms. The van der Waals surface area contributed by atoms with Gasteiger partial charge in [-0.2, -0.15) is 0 Å². The molecule has 0 aromatic carbocycles. The minimum atomic E-state index is -0.466. The van der Waals surface area contributed by atoms with E-state index in [0.29, 0.717) is 26.1 Å². The summed E-state index contributed by atoms with van der Waals surface area (Å²) >= 11 is 0. The van der Waals surface area contributed by atoms with Gasteiger partial charge in [0, 0.05) is 56.6 Å². The first-order chi connectivity index (χ1) is 13.0. The molecule has 1 amide bonds. The maximum Gasteiger partial charge on any atom is 0.275 e. The molecule has 1 N–H and O–H groups in total. The number of fused-ring (bicyclic) bond motifs is 4. The molecule has 1 saturated heterocycles. The van der Waals surface area contributed by atoms with Gasteiger partial charge in [0.1, 0.15) is 5.69 Å². The van der Waals surface area contributed by atoms with Crippen molar-refractivity contribution in [3.8, 4) is 0 Å². The number of anilines is 1. The SMILES string of the molecule is O=C(CCCn1cccc1)N1C[C@H]2C[C@@H](C1)c1ccc(N([O-])O)c(=O)n1C2. The standard InChI is InChI=1S/C19H23N4O4/c24-18(4-3-9-20-7-1-2-8-20)21-11-14-10-15(13-21)16-5-6-17(23(26)27)19(25)22(16)12-14/h1-2,5-8,14-15,26H,3-4,9-13H2/q-1/t14-,15+/m1/s1. The molecular weight excluding hydrogens is 348 g/mol. The second-order valence-electron chi connectivity index (χ2n) is 7.45. The molecule has 27 heavy (non-hydrogen) atoms. The molecule has 2 aromatic heterocycles. The van der Waals surface area contributed by atoms with Crippen LogP contribution in [-0.4, -0.2) is 38.2 Å². The highest BCUT2D eigenvalue weighted by molar-refractivity contribution is 5.76. The van der Waals surface area contributed by atoms with Gasteiger partial charge >= 0.3 is 0 Å². The van der Waals surface area contributed by atoms with Crippen molar-refractivity contribution in [3.05, 3.63) is 57.9 Å². The van der Waals surface area contributed by atoms with Crippen LogP contribution < -0.4 is 10.8 Å². The van der Waals surface area contributed by atoms with Gasteiger partial charge in [-0.1, -0.05) is 0 Å². The van der Waals surface area contributed by atoms with Crippen molar-refractivity contribution in [2.45, 2.75) is 38.3 Å². The van der Waals surface area contributed by atoms with Crippen LogP contribution in [0.15, 0.2) is 41.5 Å². The second kappa shape index (κ2) is 7.21. The molecular formula is C19H23N4O4-. The average Bonchev–Trinajstić information content (AvgIpc) is 3.15. The quantitative estimate of drug-likeness (QED) is 0.809. The van der Waals surface area contributed by atoms with Gasteiger partial charge < -0.3 is 24.5 Å². The number of carbonyl (C=O) groups is 1. The Balaban J connectivity index is 1.44. The van der Waals surface area contributed by atoms with Gasteiger partial charge in [0.05, 0.1) is 0 Å². The zero-order valence-electron chi connectivity index (χ0n) is 15.0. The summed E-state index contributed by atoms with van der Waals surface area (Å²) in [6.45, 7) is 2.53. The first-order valence-electron chi connectivity index (χ1n) is 9.31. The van der Waals surface area contributed by atoms with Gasteiger partial charge in [0.15, 0.2) is 0 Å². The maximum atomic E-state index is 12.6. The Morgan fingerprint density at radius 2 is 2.00 bits per heavy atom. The van der Waals surface area contributed by atoms with E-state index in [0.717, 1.165) is 25.1 Å². The van der Waals surface area contributed by atoms with Crippen molar-refractivity contribution in [2.24, 2.45) is 5.92 Å². The van der Waals surface area contributed by atoms with Crippen molar-refractivity contribution in [2.75, 3.05) is 18.3 Å². The van der Waals surface area contributed by atoms with Crippen LogP contribution >= 0.6 is 0 Å². The maximum absolute atomic E-state index is 12.6. The lowest BCUT2D eigenvalue weighted by Gasteiger charge is -2.43. The van der Waals surface area contributed by atoms with Crippen LogP contribution in [0.5, 0.6) is 0 Å². The Hall–Kier alpha value is -2.58. The highest BCUT2D eigenvalue weighted by Gasteiger charge is 2.36. The molecule has 8 nitrogen and oxygen atoms in total. The number of rotatable bonds is 5. The van der Waals surface area contributed by atoms with E-state index in [9.17, 15) is 14.8 Å². The topological polar surface area (TPSA) is 93.8 Å². The van der Waals surface area contributed by atoms with Gasteiger partial charge in [0.2, 0.25) is 5.91 Å². The van der Waals surface area contributed by atoms with Crippen LogP contribution in [0.4, 0.5) is 5.69 Å². The third-order valence-electron chi connectivity index (χ3n) is 5.62. The molecule has 0 saturated carbocycles. The second-order valence-corrected chi connectivity index (χ2v) is 7.45. The number of aromatic nitrogens is 2. The minimum absolute atomic E-state index is 0.0893. The van der Waals surface area contributed by atoms with Crippen molar-refractivity contribution >= 4 is 11.6 Å². The van der Waals surface area contributed by atoms with Crippen molar-refractivity contribution in [1.82, 2.24) is 14.0 Å². The number of aryl methyl sites for hydroxylation is 1. The van der Waals surface area contributed by atoms with Crippen molar-refractivity contribution in [1.29, 1.82) is 0 Å². The van der Waals surface area contributed by atoms with Gasteiger partial charge in [-0.15, -0.1) is 0 Å². The number of pyridine rings is 1. The third kappa shape index (κ3) is 3.50. The van der Waals surface area contributed by atoms with Crippen LogP contribution in [0.3, 0.4) is 0 Å². The molecule has 0 spiro atoms. The Morgan fingerprint density at radius 1 is 1.22 bits per heavy atom. The zero-order chi connectivity index (χ0) is 19.0. The summed E-state index contributed by atoms with van der Waals surface area (Å²) in [5, 5.41) is 19.8. The molecule has 0 aliphatic carbocycles. The fraction of sp³-hybridized carbons (Fsp3) is 0.474. The Labute approximate surface area is 156 Å². The molecule has 144 valence electrons. The fourth-order valence-electron chi connectivity index (χ4n) is 4.37. The Morgan fingerprint density at radius 3 is 2.74 bits per heavy atom. The van der Waals surface area contributed by atoms with E-state index >= 15 is 0 Å². The number of amides is 1. The Kier molecular flexibility index (Phi) is 4.75. The first kappa shape index (κ1) is 17.8. The molecule has 1 fully saturated rings. The van der Waals surface area contributed by atoms with Crippen molar-refractivity contribution < 1.29 is 10.0 Å². The number of hydrogen-bond acceptors (Lipinski definition) is 5. The lowest BCUT2D eigenvalue weighted by atomic mass is 9.83. The van der Waals surface area contributed by atoms with E-state index in [-0.39, 0.29) is 28.7 Å². The molecule has 2 bridgehead atoms. The summed E-state index contributed by atoms with van der Waals surface area (Å²) in [4.78, 5) is 27.0. The van der Waals surface area contributed by atoms with Gasteiger partial charge in [-0.25, -0.2) is 0 Å². The van der Waals surface area contributed by atoms with Crippen LogP contribution in [0.25, 0.3) is 0 Å². The van der Waals surface area contributed by atoms with Gasteiger partial charge in [-0.05, 0) is 43.0 Å². The number of carbonyl (C=O) groups excluding carboxylic acids is 1. The zero-order valence-corrected chi connectivity index (χ0v) is 15.0. The summed E-state index contributed by atoms with van der Waals surface area (Å²) in [7, 11) is 0. The molecule has 0 radical (unpaired) electrons. The van der Waals surface area contributed by atoms with Crippen LogP contribution in [0, 0.1) is 11.1 Å². The highest BCUT2D eigenvalue weighted by atomic mass is 16.8. The Bertz CT molecular complexity index is 874. The number of nitrogens with zero attached hydrogens (tertiary/aromatic N) is 4. The van der Waals surface area contributed by atoms with Gasteiger partial charge in [0.25, 0.3) is 5.56 Å². The molecule has 4 heterocycles. The molecule has 2 aromatic rings. The number of piperidine rings is 1. The number of hydrogen-bond donors (Lipinski definition) is 1. The summed E-state index contributed by atoms with van der Waals surface area (Å²) < 4.78 is 3.65. The normalized spacial score (nSPS) is 21.0. The molecule has 2 atom stereocenters. The lowest BCUT2D eigenvalue weighted by molar-refractivity contribution is -0.134. The summed E-state index contributed by atoms with van der Waals surface area (Å²) in [5.41, 5.74) is 0.106. The van der Waals surface area contributed by atoms with E-state index in [1.807, 2.05) is 29.4 Å². The predicted octanol–water partition coefficient (Wildman–Crippen LogP) is 1.77. The summed E-state index contributed by atoms with van der Waals surface area (Å²) in [6, 6.07) is 7.03. The summed E-state index contributed by atoms with van der Waals surface area (Å²) in [5.74, 6) is 0.438. The van der Waals surface area contributed by atoms with Crippen LogP contribution in [0.1, 0.15) is 30.9 Å². The smallest absolute Gasteiger partial charge is 0.275 e. The highest BCUT2D eigenvalue weighted by Crippen LogP contribution is 2.35. The predicted molar refractivity (Wildman–Crippen MR) is 99.4 cm³/mol. The average molecular weight is 371 g/mol. The lowest BCUT2D eigenvalue weighted by Crippen LogP contribution is -2.49. The molecule has 2 aliphatic heterocycles. The molecule has 2 aliphatic rings. The molecule has 4 rings (SSSR count). The van der Waals surface area contributed by atoms with E-state index in [1.54, 1.807) is 10.6 Å². The van der Waals surface area contributed by atoms with Gasteiger partial charge in [-0.3, -0.25) is 14.8 Å². The summed E-state index contributed by atoms with van der Waals surface area (Å²) in [6.07, 6.45) is 6.24. The molecule has 0 unspecified atom stereocenters. The number of likely N-dealkylation sites (tertiary alicyclic amines) is 1. The minimum Gasteiger partial charge on any atom is -0.733 e. The van der Waals surface area contributed by atoms with E-state index in [2.05, 4.69) is 4.57 Å². The monoisotopic (exact) mass is 371 g/mol. The first-order valence-corrected chi connectivity index (χ1v) is 9.31. The van der Waals surface area contributed by atoms with Crippen molar-refractivity contribution in [3.63, 3.8) is 0 Å². The largest absolute Gasteiger partial charge is 0.733 e.